The van der Waals surface area contributed by atoms with Gasteiger partial charge in [0.05, 0.1) is 0 Å². The van der Waals surface area contributed by atoms with Gasteiger partial charge in [-0.15, -0.1) is 0 Å². The summed E-state index contributed by atoms with van der Waals surface area (Å²) in [6.07, 6.45) is 1.12. The molecule has 5 heteroatoms. The van der Waals surface area contributed by atoms with Gasteiger partial charge in [0.1, 0.15) is 0 Å². The minimum atomic E-state index is -1.26. The molecule has 0 aromatic rings. The summed E-state index contributed by atoms with van der Waals surface area (Å²) in [5, 5.41) is 22.6. The summed E-state index contributed by atoms with van der Waals surface area (Å²) in [5.74, 6) is -2.51. The Bertz CT molecular complexity index is 121. The minimum absolute atomic E-state index is 0.558. The van der Waals surface area contributed by atoms with Gasteiger partial charge in [0.15, 0.2) is 0 Å². The van der Waals surface area contributed by atoms with Gasteiger partial charge in [0.25, 0.3) is 0 Å². The summed E-state index contributed by atoms with van der Waals surface area (Å²) >= 11 is 0. The molecule has 3 N–H and O–H groups in total. The first kappa shape index (κ1) is 11.4. The molecule has 0 aromatic carbocycles. The Morgan fingerprint density at radius 3 is 1.30 bits per heavy atom. The Hall–Kier alpha value is -1.36. The van der Waals surface area contributed by atoms with E-state index in [9.17, 15) is 9.59 Å². The van der Waals surface area contributed by atoms with Gasteiger partial charge in [-0.3, -0.25) is 0 Å². The molecular formula is C5H8O5. The van der Waals surface area contributed by atoms with Crippen molar-refractivity contribution in [1.29, 1.82) is 0 Å². The SMILES string of the molecule is CO.O=C(O)/C=C/C(=O)O. The van der Waals surface area contributed by atoms with Gasteiger partial charge in [-0.2, -0.15) is 0 Å². The van der Waals surface area contributed by atoms with Crippen molar-refractivity contribution in [1.82, 2.24) is 0 Å². The standard InChI is InChI=1S/C4H4O4.CH4O/c5-3(6)1-2-4(7)8;1-2/h1-2H,(H,5,6)(H,7,8);2H,1H3/b2-1+;. The lowest BCUT2D eigenvalue weighted by molar-refractivity contribution is -0.134. The molecule has 0 aliphatic heterocycles. The molecule has 0 heterocycles. The molecule has 0 saturated heterocycles. The Labute approximate surface area is 57.2 Å². The van der Waals surface area contributed by atoms with E-state index in [0.29, 0.717) is 12.2 Å². The molecular weight excluding hydrogens is 140 g/mol. The van der Waals surface area contributed by atoms with E-state index >= 15 is 0 Å². The van der Waals surface area contributed by atoms with Crippen LogP contribution in [-0.2, 0) is 9.59 Å². The highest BCUT2D eigenvalue weighted by molar-refractivity contribution is 5.89. The second kappa shape index (κ2) is 7.64. The highest BCUT2D eigenvalue weighted by Gasteiger charge is 1.88. The molecule has 0 bridgehead atoms. The molecule has 0 aromatic heterocycles. The van der Waals surface area contributed by atoms with Crippen molar-refractivity contribution < 1.29 is 24.9 Å². The first-order chi connectivity index (χ1) is 4.63. The van der Waals surface area contributed by atoms with Crippen molar-refractivity contribution in [2.75, 3.05) is 7.11 Å². The summed E-state index contributed by atoms with van der Waals surface area (Å²) in [6.45, 7) is 0. The molecule has 0 radical (unpaired) electrons. The van der Waals surface area contributed by atoms with Crippen LogP contribution in [0.25, 0.3) is 0 Å². The number of carboxylic acid groups (broad SMARTS) is 2. The van der Waals surface area contributed by atoms with Crippen molar-refractivity contribution in [3.63, 3.8) is 0 Å². The van der Waals surface area contributed by atoms with E-state index in [1.54, 1.807) is 0 Å². The molecule has 0 atom stereocenters. The van der Waals surface area contributed by atoms with Gasteiger partial charge in [-0.1, -0.05) is 0 Å². The van der Waals surface area contributed by atoms with E-state index in [1.165, 1.54) is 0 Å². The van der Waals surface area contributed by atoms with Crippen molar-refractivity contribution in [2.45, 2.75) is 0 Å². The molecule has 0 rings (SSSR count). The second-order valence-electron chi connectivity index (χ2n) is 1.01. The van der Waals surface area contributed by atoms with Crippen LogP contribution in [0.15, 0.2) is 12.2 Å². The molecule has 0 aliphatic rings. The summed E-state index contributed by atoms with van der Waals surface area (Å²) in [5.41, 5.74) is 0. The number of hydrogen-bond acceptors (Lipinski definition) is 3. The largest absolute Gasteiger partial charge is 0.478 e. The Morgan fingerprint density at radius 2 is 1.20 bits per heavy atom. The number of carbonyl (C=O) groups is 2. The van der Waals surface area contributed by atoms with Gasteiger partial charge in [0.2, 0.25) is 0 Å². The first-order valence-corrected chi connectivity index (χ1v) is 2.21. The molecule has 5 nitrogen and oxygen atoms in total. The summed E-state index contributed by atoms with van der Waals surface area (Å²) in [4.78, 5) is 19.1. The molecule has 0 amide bonds. The number of aliphatic hydroxyl groups excluding tert-OH is 1. The van der Waals surface area contributed by atoms with E-state index in [4.69, 9.17) is 15.3 Å². The van der Waals surface area contributed by atoms with E-state index in [0.717, 1.165) is 7.11 Å². The average molecular weight is 148 g/mol. The predicted molar refractivity (Wildman–Crippen MR) is 32.6 cm³/mol. The maximum absolute atomic E-state index is 9.55. The number of rotatable bonds is 2. The van der Waals surface area contributed by atoms with E-state index in [-0.39, 0.29) is 0 Å². The van der Waals surface area contributed by atoms with E-state index in [2.05, 4.69) is 0 Å². The number of aliphatic hydroxyl groups is 1. The van der Waals surface area contributed by atoms with Crippen LogP contribution >= 0.6 is 0 Å². The molecule has 0 unspecified atom stereocenters. The van der Waals surface area contributed by atoms with Crippen LogP contribution in [0.5, 0.6) is 0 Å². The lowest BCUT2D eigenvalue weighted by Crippen LogP contribution is -1.91. The normalized spacial score (nSPS) is 8.20. The minimum Gasteiger partial charge on any atom is -0.478 e. The number of hydrogen-bond donors (Lipinski definition) is 3. The van der Waals surface area contributed by atoms with Crippen LogP contribution in [0.4, 0.5) is 0 Å². The molecule has 58 valence electrons. The van der Waals surface area contributed by atoms with Crippen molar-refractivity contribution in [3.05, 3.63) is 12.2 Å². The van der Waals surface area contributed by atoms with Crippen LogP contribution in [0.2, 0.25) is 0 Å². The van der Waals surface area contributed by atoms with Gasteiger partial charge < -0.3 is 15.3 Å². The molecule has 0 spiro atoms. The fraction of sp³-hybridized carbons (Fsp3) is 0.200. The monoisotopic (exact) mass is 148 g/mol. The quantitative estimate of drug-likeness (QED) is 0.451. The fourth-order valence-corrected chi connectivity index (χ4v) is 0.143. The Morgan fingerprint density at radius 1 is 1.00 bits per heavy atom. The topological polar surface area (TPSA) is 94.8 Å². The summed E-state index contributed by atoms with van der Waals surface area (Å²) in [6, 6.07) is 0. The van der Waals surface area contributed by atoms with Crippen LogP contribution in [-0.4, -0.2) is 34.4 Å². The highest BCUT2D eigenvalue weighted by Crippen LogP contribution is 1.70. The smallest absolute Gasteiger partial charge is 0.328 e. The summed E-state index contributed by atoms with van der Waals surface area (Å²) < 4.78 is 0. The van der Waals surface area contributed by atoms with E-state index < -0.39 is 11.9 Å². The molecule has 10 heavy (non-hydrogen) atoms. The van der Waals surface area contributed by atoms with Gasteiger partial charge in [0, 0.05) is 19.3 Å². The van der Waals surface area contributed by atoms with Crippen LogP contribution < -0.4 is 0 Å². The third-order valence-electron chi connectivity index (χ3n) is 0.368. The molecule has 0 aliphatic carbocycles. The third-order valence-corrected chi connectivity index (χ3v) is 0.368. The maximum Gasteiger partial charge on any atom is 0.328 e. The van der Waals surface area contributed by atoms with Gasteiger partial charge in [-0.25, -0.2) is 9.59 Å². The van der Waals surface area contributed by atoms with Crippen LogP contribution in [0, 0.1) is 0 Å². The predicted octanol–water partition coefficient (Wildman–Crippen LogP) is -0.680. The molecule has 0 fully saturated rings. The van der Waals surface area contributed by atoms with Crippen molar-refractivity contribution in [3.8, 4) is 0 Å². The van der Waals surface area contributed by atoms with Crippen molar-refractivity contribution >= 4 is 11.9 Å². The highest BCUT2D eigenvalue weighted by atomic mass is 16.4. The van der Waals surface area contributed by atoms with E-state index in [1.807, 2.05) is 0 Å². The Balaban J connectivity index is 0. The third kappa shape index (κ3) is 15.9. The van der Waals surface area contributed by atoms with Gasteiger partial charge in [-0.05, 0) is 0 Å². The zero-order valence-electron chi connectivity index (χ0n) is 5.31. The van der Waals surface area contributed by atoms with Crippen LogP contribution in [0.3, 0.4) is 0 Å². The average Bonchev–Trinajstić information content (AvgIpc) is 1.89. The Kier molecular flexibility index (Phi) is 8.74. The lowest BCUT2D eigenvalue weighted by Gasteiger charge is -1.74. The number of carboxylic acids is 2. The first-order valence-electron chi connectivity index (χ1n) is 2.21. The zero-order valence-corrected chi connectivity index (χ0v) is 5.31. The zero-order chi connectivity index (χ0) is 8.57. The maximum atomic E-state index is 9.55. The second-order valence-corrected chi connectivity index (χ2v) is 1.01. The van der Waals surface area contributed by atoms with Crippen molar-refractivity contribution in [2.24, 2.45) is 0 Å². The number of aliphatic carboxylic acids is 2. The summed E-state index contributed by atoms with van der Waals surface area (Å²) in [7, 11) is 1.00. The molecule has 0 saturated carbocycles. The lowest BCUT2D eigenvalue weighted by atomic mass is 10.5. The van der Waals surface area contributed by atoms with Gasteiger partial charge >= 0.3 is 11.9 Å². The fourth-order valence-electron chi connectivity index (χ4n) is 0.143. The van der Waals surface area contributed by atoms with Crippen LogP contribution in [0.1, 0.15) is 0 Å².